The SMILES string of the molecule is Cc1nc2ccccn2c1C(=O)NNC(=O)c1ccc(Cl)cc1Cl. The molecular formula is C16H12Cl2N4O2. The fourth-order valence-corrected chi connectivity index (χ4v) is 2.80. The number of benzene rings is 1. The number of amides is 2. The van der Waals surface area contributed by atoms with Gasteiger partial charge in [-0.3, -0.25) is 24.8 Å². The number of carbonyl (C=O) groups is 2. The molecule has 0 radical (unpaired) electrons. The van der Waals surface area contributed by atoms with E-state index in [0.717, 1.165) is 0 Å². The number of halogens is 2. The molecule has 1 aromatic carbocycles. The first-order valence-electron chi connectivity index (χ1n) is 6.97. The third kappa shape index (κ3) is 3.06. The number of imidazole rings is 1. The van der Waals surface area contributed by atoms with Gasteiger partial charge in [-0.05, 0) is 37.3 Å². The molecule has 0 saturated carbocycles. The van der Waals surface area contributed by atoms with E-state index in [4.69, 9.17) is 23.2 Å². The quantitative estimate of drug-likeness (QED) is 0.688. The molecule has 0 saturated heterocycles. The van der Waals surface area contributed by atoms with E-state index in [2.05, 4.69) is 15.8 Å². The second-order valence-corrected chi connectivity index (χ2v) is 5.85. The van der Waals surface area contributed by atoms with Gasteiger partial charge in [0.05, 0.1) is 16.3 Å². The minimum Gasteiger partial charge on any atom is -0.295 e. The molecule has 2 N–H and O–H groups in total. The second-order valence-electron chi connectivity index (χ2n) is 5.01. The molecule has 8 heteroatoms. The molecule has 122 valence electrons. The Morgan fingerprint density at radius 2 is 1.83 bits per heavy atom. The summed E-state index contributed by atoms with van der Waals surface area (Å²) in [5, 5.41) is 0.613. The number of carbonyl (C=O) groups excluding carboxylic acids is 2. The number of fused-ring (bicyclic) bond motifs is 1. The van der Waals surface area contributed by atoms with E-state index in [9.17, 15) is 9.59 Å². The van der Waals surface area contributed by atoms with Crippen molar-refractivity contribution in [2.45, 2.75) is 6.92 Å². The molecule has 3 rings (SSSR count). The van der Waals surface area contributed by atoms with Crippen LogP contribution in [0.4, 0.5) is 0 Å². The number of hydrogen-bond acceptors (Lipinski definition) is 3. The first-order valence-corrected chi connectivity index (χ1v) is 7.72. The van der Waals surface area contributed by atoms with Crippen LogP contribution in [0.5, 0.6) is 0 Å². The lowest BCUT2D eigenvalue weighted by atomic mass is 10.2. The Balaban J connectivity index is 1.77. The normalized spacial score (nSPS) is 10.6. The molecule has 2 amide bonds. The van der Waals surface area contributed by atoms with Gasteiger partial charge >= 0.3 is 0 Å². The van der Waals surface area contributed by atoms with Crippen molar-refractivity contribution in [3.63, 3.8) is 0 Å². The summed E-state index contributed by atoms with van der Waals surface area (Å²) >= 11 is 11.8. The lowest BCUT2D eigenvalue weighted by Crippen LogP contribution is -2.42. The van der Waals surface area contributed by atoms with E-state index in [-0.39, 0.29) is 10.6 Å². The Labute approximate surface area is 147 Å². The van der Waals surface area contributed by atoms with Crippen molar-refractivity contribution < 1.29 is 9.59 Å². The Hall–Kier alpha value is -2.57. The molecule has 0 spiro atoms. The van der Waals surface area contributed by atoms with E-state index in [1.165, 1.54) is 12.1 Å². The van der Waals surface area contributed by atoms with E-state index < -0.39 is 11.8 Å². The summed E-state index contributed by atoms with van der Waals surface area (Å²) in [6.45, 7) is 1.72. The van der Waals surface area contributed by atoms with E-state index in [1.54, 1.807) is 35.7 Å². The predicted octanol–water partition coefficient (Wildman–Crippen LogP) is 3.02. The van der Waals surface area contributed by atoms with Gasteiger partial charge in [-0.1, -0.05) is 29.3 Å². The van der Waals surface area contributed by atoms with Gasteiger partial charge < -0.3 is 0 Å². The molecule has 6 nitrogen and oxygen atoms in total. The Kier molecular flexibility index (Phi) is 4.42. The van der Waals surface area contributed by atoms with Crippen molar-refractivity contribution in [1.29, 1.82) is 0 Å². The summed E-state index contributed by atoms with van der Waals surface area (Å²) < 4.78 is 1.64. The number of aromatic nitrogens is 2. The summed E-state index contributed by atoms with van der Waals surface area (Å²) in [4.78, 5) is 28.8. The van der Waals surface area contributed by atoms with Crippen LogP contribution in [0.25, 0.3) is 5.65 Å². The van der Waals surface area contributed by atoms with E-state index in [0.29, 0.717) is 22.1 Å². The summed E-state index contributed by atoms with van der Waals surface area (Å²) in [5.74, 6) is -1.03. The molecule has 2 heterocycles. The molecule has 0 unspecified atom stereocenters. The summed E-state index contributed by atoms with van der Waals surface area (Å²) in [6.07, 6.45) is 1.72. The number of aryl methyl sites for hydroxylation is 1. The first-order chi connectivity index (χ1) is 11.5. The van der Waals surface area contributed by atoms with Crippen molar-refractivity contribution in [2.24, 2.45) is 0 Å². The van der Waals surface area contributed by atoms with Gasteiger partial charge in [0.25, 0.3) is 11.8 Å². The minimum atomic E-state index is -0.545. The van der Waals surface area contributed by atoms with Crippen LogP contribution in [-0.2, 0) is 0 Å². The van der Waals surface area contributed by atoms with Crippen LogP contribution in [0.2, 0.25) is 10.0 Å². The Morgan fingerprint density at radius 1 is 1.08 bits per heavy atom. The van der Waals surface area contributed by atoms with Crippen molar-refractivity contribution in [1.82, 2.24) is 20.2 Å². The number of nitrogens with zero attached hydrogens (tertiary/aromatic N) is 2. The maximum absolute atomic E-state index is 12.4. The maximum Gasteiger partial charge on any atom is 0.288 e. The summed E-state index contributed by atoms with van der Waals surface area (Å²) in [5.41, 5.74) is 6.44. The Morgan fingerprint density at radius 3 is 2.58 bits per heavy atom. The van der Waals surface area contributed by atoms with Crippen LogP contribution in [0, 0.1) is 6.92 Å². The molecule has 0 fully saturated rings. The van der Waals surface area contributed by atoms with E-state index >= 15 is 0 Å². The predicted molar refractivity (Wildman–Crippen MR) is 91.3 cm³/mol. The molecular weight excluding hydrogens is 351 g/mol. The van der Waals surface area contributed by atoms with Crippen LogP contribution < -0.4 is 10.9 Å². The van der Waals surface area contributed by atoms with Gasteiger partial charge in [-0.15, -0.1) is 0 Å². The standard InChI is InChI=1S/C16H12Cl2N4O2/c1-9-14(22-7-3-2-4-13(22)19-9)16(24)21-20-15(23)11-6-5-10(17)8-12(11)18/h2-8H,1H3,(H,20,23)(H,21,24). The maximum atomic E-state index is 12.4. The second kappa shape index (κ2) is 6.51. The fourth-order valence-electron chi connectivity index (χ4n) is 2.30. The van der Waals surface area contributed by atoms with Gasteiger partial charge in [0.2, 0.25) is 0 Å². The zero-order valence-electron chi connectivity index (χ0n) is 12.5. The molecule has 0 atom stereocenters. The van der Waals surface area contributed by atoms with Crippen LogP contribution in [0.3, 0.4) is 0 Å². The molecule has 0 aliphatic heterocycles. The fraction of sp³-hybridized carbons (Fsp3) is 0.0625. The highest BCUT2D eigenvalue weighted by Gasteiger charge is 2.18. The first kappa shape index (κ1) is 16.3. The monoisotopic (exact) mass is 362 g/mol. The molecule has 2 aromatic heterocycles. The third-order valence-electron chi connectivity index (χ3n) is 3.38. The lowest BCUT2D eigenvalue weighted by Gasteiger charge is -2.09. The van der Waals surface area contributed by atoms with E-state index in [1.807, 2.05) is 6.07 Å². The van der Waals surface area contributed by atoms with Gasteiger partial charge in [-0.25, -0.2) is 4.98 Å². The zero-order chi connectivity index (χ0) is 17.3. The molecule has 0 aliphatic rings. The van der Waals surface area contributed by atoms with Crippen molar-refractivity contribution >= 4 is 40.7 Å². The van der Waals surface area contributed by atoms with Gasteiger partial charge in [-0.2, -0.15) is 0 Å². The number of rotatable bonds is 2. The average molecular weight is 363 g/mol. The number of hydrazine groups is 1. The lowest BCUT2D eigenvalue weighted by molar-refractivity contribution is 0.0843. The largest absolute Gasteiger partial charge is 0.295 e. The highest BCUT2D eigenvalue weighted by atomic mass is 35.5. The smallest absolute Gasteiger partial charge is 0.288 e. The number of hydrogen-bond donors (Lipinski definition) is 2. The van der Waals surface area contributed by atoms with Gasteiger partial charge in [0.15, 0.2) is 0 Å². The van der Waals surface area contributed by atoms with Gasteiger partial charge in [0, 0.05) is 11.2 Å². The zero-order valence-corrected chi connectivity index (χ0v) is 14.0. The number of nitrogens with one attached hydrogen (secondary N) is 2. The molecule has 3 aromatic rings. The minimum absolute atomic E-state index is 0.195. The van der Waals surface area contributed by atoms with Crippen LogP contribution in [0.15, 0.2) is 42.6 Å². The van der Waals surface area contributed by atoms with Crippen molar-refractivity contribution in [3.05, 3.63) is 69.6 Å². The Bertz CT molecular complexity index is 952. The number of pyridine rings is 1. The van der Waals surface area contributed by atoms with Crippen LogP contribution >= 0.6 is 23.2 Å². The van der Waals surface area contributed by atoms with Crippen molar-refractivity contribution in [2.75, 3.05) is 0 Å². The van der Waals surface area contributed by atoms with Gasteiger partial charge in [0.1, 0.15) is 11.3 Å². The molecule has 24 heavy (non-hydrogen) atoms. The van der Waals surface area contributed by atoms with Crippen molar-refractivity contribution in [3.8, 4) is 0 Å². The summed E-state index contributed by atoms with van der Waals surface area (Å²) in [6, 6.07) is 9.87. The topological polar surface area (TPSA) is 75.5 Å². The molecule has 0 bridgehead atoms. The molecule has 0 aliphatic carbocycles. The van der Waals surface area contributed by atoms with Crippen LogP contribution in [-0.4, -0.2) is 21.2 Å². The van der Waals surface area contributed by atoms with Crippen LogP contribution in [0.1, 0.15) is 26.5 Å². The average Bonchev–Trinajstić information content (AvgIpc) is 2.88. The highest BCUT2D eigenvalue weighted by Crippen LogP contribution is 2.20. The highest BCUT2D eigenvalue weighted by molar-refractivity contribution is 6.36. The third-order valence-corrected chi connectivity index (χ3v) is 3.93. The summed E-state index contributed by atoms with van der Waals surface area (Å²) in [7, 11) is 0.